The molecule has 0 aromatic heterocycles. The highest BCUT2D eigenvalue weighted by atomic mass is 28.3. The molecule has 0 aromatic carbocycles. The molecular formula is C15H28O3Si. The van der Waals surface area contributed by atoms with Crippen molar-refractivity contribution in [1.82, 2.24) is 0 Å². The van der Waals surface area contributed by atoms with Crippen LogP contribution in [0, 0.1) is 0 Å². The van der Waals surface area contributed by atoms with Gasteiger partial charge in [0.05, 0.1) is 13.2 Å². The number of methoxy groups -OCH3 is 2. The molecule has 0 aromatic rings. The van der Waals surface area contributed by atoms with Crippen LogP contribution in [0.2, 0.25) is 25.7 Å². The number of esters is 1. The Bertz CT molecular complexity index is 303. The maximum absolute atomic E-state index is 11.0. The molecule has 0 aliphatic carbocycles. The summed E-state index contributed by atoms with van der Waals surface area (Å²) in [4.78, 5) is 11.0. The lowest BCUT2D eigenvalue weighted by Gasteiger charge is -2.13. The van der Waals surface area contributed by atoms with Crippen molar-refractivity contribution in [2.45, 2.75) is 51.1 Å². The van der Waals surface area contributed by atoms with Crippen LogP contribution >= 0.6 is 0 Å². The van der Waals surface area contributed by atoms with E-state index in [0.717, 1.165) is 12.8 Å². The van der Waals surface area contributed by atoms with Crippen LogP contribution in [0.1, 0.15) is 19.3 Å². The largest absolute Gasteiger partial charge is 0.466 e. The van der Waals surface area contributed by atoms with Crippen molar-refractivity contribution < 1.29 is 14.3 Å². The Morgan fingerprint density at radius 2 is 1.79 bits per heavy atom. The summed E-state index contributed by atoms with van der Waals surface area (Å²) in [6.45, 7) is 7.16. The van der Waals surface area contributed by atoms with Crippen LogP contribution in [0.25, 0.3) is 0 Å². The molecule has 0 saturated heterocycles. The van der Waals surface area contributed by atoms with Gasteiger partial charge in [-0.2, -0.15) is 0 Å². The fourth-order valence-electron chi connectivity index (χ4n) is 1.56. The maximum Gasteiger partial charge on any atom is 0.330 e. The molecule has 0 bridgehead atoms. The summed E-state index contributed by atoms with van der Waals surface area (Å²) in [6, 6.07) is 1.33. The van der Waals surface area contributed by atoms with Crippen LogP contribution in [-0.4, -0.2) is 34.4 Å². The number of carbonyl (C=O) groups is 1. The van der Waals surface area contributed by atoms with Gasteiger partial charge in [-0.1, -0.05) is 37.8 Å². The molecule has 0 spiro atoms. The van der Waals surface area contributed by atoms with Gasteiger partial charge in [-0.15, -0.1) is 0 Å². The lowest BCUT2D eigenvalue weighted by atomic mass is 10.1. The van der Waals surface area contributed by atoms with Gasteiger partial charge >= 0.3 is 5.97 Å². The fourth-order valence-corrected chi connectivity index (χ4v) is 2.59. The van der Waals surface area contributed by atoms with Crippen molar-refractivity contribution in [2.24, 2.45) is 0 Å². The minimum absolute atomic E-state index is 0.0271. The first-order valence-electron chi connectivity index (χ1n) is 6.83. The molecule has 0 saturated carbocycles. The molecule has 4 heteroatoms. The zero-order valence-corrected chi connectivity index (χ0v) is 13.9. The summed E-state index contributed by atoms with van der Waals surface area (Å²) in [5.41, 5.74) is 0. The van der Waals surface area contributed by atoms with Crippen molar-refractivity contribution >= 4 is 14.0 Å². The molecular weight excluding hydrogens is 256 g/mol. The Kier molecular flexibility index (Phi) is 9.52. The van der Waals surface area contributed by atoms with E-state index in [1.54, 1.807) is 13.2 Å². The van der Waals surface area contributed by atoms with Crippen LogP contribution in [0.5, 0.6) is 0 Å². The first-order valence-corrected chi connectivity index (χ1v) is 10.5. The van der Waals surface area contributed by atoms with Crippen molar-refractivity contribution in [2.75, 3.05) is 14.2 Å². The summed E-state index contributed by atoms with van der Waals surface area (Å²) in [5, 5.41) is 0. The average Bonchev–Trinajstić information content (AvgIpc) is 2.35. The van der Waals surface area contributed by atoms with E-state index in [9.17, 15) is 4.79 Å². The van der Waals surface area contributed by atoms with E-state index < -0.39 is 8.07 Å². The van der Waals surface area contributed by atoms with Gasteiger partial charge in [0.2, 0.25) is 0 Å². The summed E-state index contributed by atoms with van der Waals surface area (Å²) in [7, 11) is 2.11. The Morgan fingerprint density at radius 1 is 1.16 bits per heavy atom. The maximum atomic E-state index is 11.0. The Hall–Kier alpha value is -0.873. The quantitative estimate of drug-likeness (QED) is 0.280. The molecule has 0 radical (unpaired) electrons. The normalized spacial score (nSPS) is 14.2. The molecule has 110 valence electrons. The van der Waals surface area contributed by atoms with E-state index in [-0.39, 0.29) is 12.1 Å². The van der Waals surface area contributed by atoms with E-state index in [1.165, 1.54) is 25.7 Å². The number of carbonyl (C=O) groups excluding carboxylic acids is 1. The molecule has 0 N–H and O–H groups in total. The second-order valence-corrected chi connectivity index (χ2v) is 11.4. The molecule has 0 amide bonds. The van der Waals surface area contributed by atoms with Gasteiger partial charge in [-0.05, 0) is 25.3 Å². The van der Waals surface area contributed by atoms with Gasteiger partial charge in [0, 0.05) is 21.3 Å². The molecule has 0 unspecified atom stereocenters. The topological polar surface area (TPSA) is 35.5 Å². The van der Waals surface area contributed by atoms with Crippen molar-refractivity contribution in [3.8, 4) is 0 Å². The predicted octanol–water partition coefficient (Wildman–Crippen LogP) is 3.80. The minimum atomic E-state index is -0.914. The minimum Gasteiger partial charge on any atom is -0.466 e. The van der Waals surface area contributed by atoms with E-state index in [0.29, 0.717) is 0 Å². The SMILES string of the molecule is COC(=O)/C=C/[C@@H](CC/C=C/CC[Si](C)(C)C)OC. The average molecular weight is 284 g/mol. The van der Waals surface area contributed by atoms with Gasteiger partial charge in [0.1, 0.15) is 0 Å². The highest BCUT2D eigenvalue weighted by Crippen LogP contribution is 2.12. The Morgan fingerprint density at radius 3 is 2.32 bits per heavy atom. The monoisotopic (exact) mass is 284 g/mol. The first kappa shape index (κ1) is 18.1. The van der Waals surface area contributed by atoms with Gasteiger partial charge in [0.25, 0.3) is 0 Å². The Balaban J connectivity index is 3.87. The standard InChI is InChI=1S/C15H28O3Si/c1-17-14(11-12-15(16)18-2)10-8-6-7-9-13-19(3,4)5/h6-7,11-12,14H,8-10,13H2,1-5H3/b7-6+,12-11+/t14-/m1/s1. The van der Waals surface area contributed by atoms with Crippen LogP contribution in [0.15, 0.2) is 24.3 Å². The zero-order valence-electron chi connectivity index (χ0n) is 12.9. The Labute approximate surface area is 118 Å². The molecule has 0 rings (SSSR count). The van der Waals surface area contributed by atoms with Crippen molar-refractivity contribution in [1.29, 1.82) is 0 Å². The highest BCUT2D eigenvalue weighted by Gasteiger charge is 2.10. The number of allylic oxidation sites excluding steroid dienone is 2. The van der Waals surface area contributed by atoms with Gasteiger partial charge in [-0.3, -0.25) is 0 Å². The van der Waals surface area contributed by atoms with Gasteiger partial charge < -0.3 is 9.47 Å². The first-order chi connectivity index (χ1) is 8.89. The molecule has 0 aliphatic rings. The van der Waals surface area contributed by atoms with Crippen LogP contribution in [0.3, 0.4) is 0 Å². The summed E-state index contributed by atoms with van der Waals surface area (Å²) >= 11 is 0. The molecule has 0 aliphatic heterocycles. The molecule has 0 fully saturated rings. The smallest absolute Gasteiger partial charge is 0.330 e. The van der Waals surface area contributed by atoms with Crippen LogP contribution in [-0.2, 0) is 14.3 Å². The molecule has 1 atom stereocenters. The van der Waals surface area contributed by atoms with Crippen molar-refractivity contribution in [3.05, 3.63) is 24.3 Å². The number of hydrogen-bond acceptors (Lipinski definition) is 3. The predicted molar refractivity (Wildman–Crippen MR) is 83.1 cm³/mol. The third-order valence-corrected chi connectivity index (χ3v) is 4.59. The van der Waals surface area contributed by atoms with E-state index in [1.807, 2.05) is 0 Å². The van der Waals surface area contributed by atoms with Gasteiger partial charge in [0.15, 0.2) is 0 Å². The third kappa shape index (κ3) is 11.9. The van der Waals surface area contributed by atoms with Gasteiger partial charge in [-0.25, -0.2) is 4.79 Å². The summed E-state index contributed by atoms with van der Waals surface area (Å²) < 4.78 is 9.83. The van der Waals surface area contributed by atoms with Crippen LogP contribution in [0.4, 0.5) is 0 Å². The number of ether oxygens (including phenoxy) is 2. The van der Waals surface area contributed by atoms with E-state index in [2.05, 4.69) is 36.5 Å². The van der Waals surface area contributed by atoms with Crippen molar-refractivity contribution in [3.63, 3.8) is 0 Å². The lowest BCUT2D eigenvalue weighted by molar-refractivity contribution is -0.134. The molecule has 0 heterocycles. The molecule has 3 nitrogen and oxygen atoms in total. The van der Waals surface area contributed by atoms with E-state index >= 15 is 0 Å². The highest BCUT2D eigenvalue weighted by molar-refractivity contribution is 6.76. The summed E-state index contributed by atoms with van der Waals surface area (Å²) in [5.74, 6) is -0.340. The fraction of sp³-hybridized carbons (Fsp3) is 0.667. The molecule has 19 heavy (non-hydrogen) atoms. The number of rotatable bonds is 9. The number of hydrogen-bond donors (Lipinski definition) is 0. The van der Waals surface area contributed by atoms with E-state index in [4.69, 9.17) is 4.74 Å². The lowest BCUT2D eigenvalue weighted by Crippen LogP contribution is -2.18. The second kappa shape index (κ2) is 9.98. The zero-order chi connectivity index (χ0) is 14.7. The third-order valence-electron chi connectivity index (χ3n) is 2.80. The summed E-state index contributed by atoms with van der Waals surface area (Å²) in [6.07, 6.45) is 10.6. The second-order valence-electron chi connectivity index (χ2n) is 5.80. The van der Waals surface area contributed by atoms with Crippen LogP contribution < -0.4 is 0 Å².